The van der Waals surface area contributed by atoms with E-state index in [2.05, 4.69) is 37.8 Å². The van der Waals surface area contributed by atoms with Gasteiger partial charge in [0.05, 0.1) is 12.6 Å². The average Bonchev–Trinajstić information content (AvgIpc) is 2.71. The van der Waals surface area contributed by atoms with Crippen molar-refractivity contribution >= 4 is 11.7 Å². The summed E-state index contributed by atoms with van der Waals surface area (Å²) in [6.45, 7) is 8.22. The van der Waals surface area contributed by atoms with Gasteiger partial charge in [0.2, 0.25) is 5.91 Å². The number of aromatic nitrogens is 2. The van der Waals surface area contributed by atoms with Crippen LogP contribution in [0.1, 0.15) is 68.2 Å². The monoisotopic (exact) mass is 378 g/mol. The summed E-state index contributed by atoms with van der Waals surface area (Å²) >= 11 is 0. The second kappa shape index (κ2) is 8.00. The van der Waals surface area contributed by atoms with Gasteiger partial charge in [-0.2, -0.15) is 0 Å². The van der Waals surface area contributed by atoms with Crippen LogP contribution >= 0.6 is 0 Å². The highest BCUT2D eigenvalue weighted by Gasteiger charge is 2.32. The van der Waals surface area contributed by atoms with Crippen LogP contribution in [0.15, 0.2) is 30.3 Å². The lowest BCUT2D eigenvalue weighted by Crippen LogP contribution is -2.40. The van der Waals surface area contributed by atoms with Crippen LogP contribution in [0.25, 0.3) is 0 Å². The van der Waals surface area contributed by atoms with Crippen molar-refractivity contribution in [3.63, 3.8) is 0 Å². The molecule has 0 aliphatic carbocycles. The number of rotatable bonds is 4. The standard InChI is InChI=1S/C23H30N4O/c1-16(2)26-14-8-7-11-20(26)22-24-17(3)19-12-13-21(28)27(23(19)25-22)15-18-9-5-4-6-10-18/h4-6,9-10,16,20H,7-8,11-15H2,1-3H3. The van der Waals surface area contributed by atoms with Crippen molar-refractivity contribution in [1.82, 2.24) is 14.9 Å². The molecule has 28 heavy (non-hydrogen) atoms. The molecular formula is C23H30N4O. The minimum Gasteiger partial charge on any atom is -0.292 e. The van der Waals surface area contributed by atoms with Gasteiger partial charge in [0.25, 0.3) is 0 Å². The Balaban J connectivity index is 1.72. The van der Waals surface area contributed by atoms with Gasteiger partial charge in [0, 0.05) is 23.7 Å². The normalized spacial score (nSPS) is 20.5. The summed E-state index contributed by atoms with van der Waals surface area (Å²) in [6.07, 6.45) is 4.80. The molecule has 1 atom stereocenters. The Bertz CT molecular complexity index is 849. The summed E-state index contributed by atoms with van der Waals surface area (Å²) in [5.41, 5.74) is 3.29. The molecule has 1 unspecified atom stereocenters. The highest BCUT2D eigenvalue weighted by Crippen LogP contribution is 2.35. The van der Waals surface area contributed by atoms with Crippen LogP contribution in [0.2, 0.25) is 0 Å². The number of fused-ring (bicyclic) bond motifs is 1. The Morgan fingerprint density at radius 2 is 1.89 bits per heavy atom. The van der Waals surface area contributed by atoms with Crippen molar-refractivity contribution < 1.29 is 4.79 Å². The van der Waals surface area contributed by atoms with E-state index in [1.807, 2.05) is 23.1 Å². The molecule has 5 nitrogen and oxygen atoms in total. The first-order valence-corrected chi connectivity index (χ1v) is 10.5. The third-order valence-corrected chi connectivity index (χ3v) is 6.04. The number of benzene rings is 1. The maximum atomic E-state index is 12.8. The molecule has 2 aromatic rings. The summed E-state index contributed by atoms with van der Waals surface area (Å²) in [6, 6.07) is 10.9. The summed E-state index contributed by atoms with van der Waals surface area (Å²) in [5.74, 6) is 1.87. The van der Waals surface area contributed by atoms with Crippen molar-refractivity contribution in [3.8, 4) is 0 Å². The van der Waals surface area contributed by atoms with Gasteiger partial charge in [-0.15, -0.1) is 0 Å². The van der Waals surface area contributed by atoms with Gasteiger partial charge in [-0.3, -0.25) is 14.6 Å². The van der Waals surface area contributed by atoms with Crippen molar-refractivity contribution in [2.24, 2.45) is 0 Å². The first-order chi connectivity index (χ1) is 13.5. The summed E-state index contributed by atoms with van der Waals surface area (Å²) in [5, 5.41) is 0. The Morgan fingerprint density at radius 3 is 2.64 bits per heavy atom. The van der Waals surface area contributed by atoms with Crippen molar-refractivity contribution in [3.05, 3.63) is 53.0 Å². The SMILES string of the molecule is Cc1nc(C2CCCCN2C(C)C)nc2c1CCC(=O)N2Cc1ccccc1. The predicted octanol–water partition coefficient (Wildman–Crippen LogP) is 4.20. The number of nitrogens with zero attached hydrogens (tertiary/aromatic N) is 4. The zero-order valence-corrected chi connectivity index (χ0v) is 17.2. The maximum absolute atomic E-state index is 12.8. The largest absolute Gasteiger partial charge is 0.292 e. The van der Waals surface area contributed by atoms with Gasteiger partial charge in [0.1, 0.15) is 11.6 Å². The third-order valence-electron chi connectivity index (χ3n) is 6.04. The number of aryl methyl sites for hydroxylation is 1. The Kier molecular flexibility index (Phi) is 5.44. The third kappa shape index (κ3) is 3.68. The van der Waals surface area contributed by atoms with E-state index in [9.17, 15) is 4.79 Å². The smallest absolute Gasteiger partial charge is 0.228 e. The lowest BCUT2D eigenvalue weighted by molar-refractivity contribution is -0.119. The molecule has 0 radical (unpaired) electrons. The van der Waals surface area contributed by atoms with Gasteiger partial charge < -0.3 is 0 Å². The molecule has 0 spiro atoms. The Labute approximate surface area is 167 Å². The zero-order valence-electron chi connectivity index (χ0n) is 17.2. The fraction of sp³-hybridized carbons (Fsp3) is 0.522. The van der Waals surface area contributed by atoms with E-state index in [-0.39, 0.29) is 11.9 Å². The molecule has 0 N–H and O–H groups in total. The molecule has 1 fully saturated rings. The van der Waals surface area contributed by atoms with Gasteiger partial charge in [0.15, 0.2) is 0 Å². The minimum absolute atomic E-state index is 0.157. The van der Waals surface area contributed by atoms with Gasteiger partial charge in [-0.05, 0) is 52.1 Å². The van der Waals surface area contributed by atoms with E-state index in [0.717, 1.165) is 47.8 Å². The van der Waals surface area contributed by atoms with E-state index >= 15 is 0 Å². The summed E-state index contributed by atoms with van der Waals surface area (Å²) < 4.78 is 0. The van der Waals surface area contributed by atoms with E-state index in [1.54, 1.807) is 0 Å². The molecule has 1 aromatic carbocycles. The van der Waals surface area contributed by atoms with Crippen molar-refractivity contribution in [2.75, 3.05) is 11.4 Å². The topological polar surface area (TPSA) is 49.3 Å². The molecule has 1 amide bonds. The second-order valence-corrected chi connectivity index (χ2v) is 8.28. The number of piperidine rings is 1. The van der Waals surface area contributed by atoms with E-state index in [0.29, 0.717) is 19.0 Å². The van der Waals surface area contributed by atoms with Gasteiger partial charge >= 0.3 is 0 Å². The number of hydrogen-bond donors (Lipinski definition) is 0. The number of carbonyl (C=O) groups is 1. The quantitative estimate of drug-likeness (QED) is 0.800. The number of likely N-dealkylation sites (tertiary alicyclic amines) is 1. The van der Waals surface area contributed by atoms with E-state index < -0.39 is 0 Å². The zero-order chi connectivity index (χ0) is 19.7. The van der Waals surface area contributed by atoms with Crippen LogP contribution in [0, 0.1) is 6.92 Å². The molecule has 0 saturated carbocycles. The van der Waals surface area contributed by atoms with E-state index in [1.165, 1.54) is 12.8 Å². The number of carbonyl (C=O) groups excluding carboxylic acids is 1. The summed E-state index contributed by atoms with van der Waals surface area (Å²) in [4.78, 5) is 27.1. The first kappa shape index (κ1) is 19.1. The van der Waals surface area contributed by atoms with Crippen LogP contribution in [-0.2, 0) is 17.8 Å². The molecule has 4 rings (SSSR count). The fourth-order valence-electron chi connectivity index (χ4n) is 4.53. The molecule has 148 valence electrons. The highest BCUT2D eigenvalue weighted by molar-refractivity contribution is 5.95. The van der Waals surface area contributed by atoms with Crippen molar-refractivity contribution in [1.29, 1.82) is 0 Å². The van der Waals surface area contributed by atoms with Crippen LogP contribution in [0.5, 0.6) is 0 Å². The molecule has 2 aliphatic heterocycles. The van der Waals surface area contributed by atoms with Crippen LogP contribution < -0.4 is 4.90 Å². The molecule has 3 heterocycles. The molecule has 1 aromatic heterocycles. The maximum Gasteiger partial charge on any atom is 0.228 e. The minimum atomic E-state index is 0.157. The van der Waals surface area contributed by atoms with Crippen LogP contribution in [-0.4, -0.2) is 33.4 Å². The second-order valence-electron chi connectivity index (χ2n) is 8.28. The first-order valence-electron chi connectivity index (χ1n) is 10.5. The molecular weight excluding hydrogens is 348 g/mol. The number of hydrogen-bond acceptors (Lipinski definition) is 4. The van der Waals surface area contributed by atoms with Crippen molar-refractivity contribution in [2.45, 2.75) is 71.5 Å². The average molecular weight is 379 g/mol. The molecule has 5 heteroatoms. The number of amides is 1. The highest BCUT2D eigenvalue weighted by atomic mass is 16.2. The Hall–Kier alpha value is -2.27. The molecule has 2 aliphatic rings. The van der Waals surface area contributed by atoms with Crippen LogP contribution in [0.4, 0.5) is 5.82 Å². The van der Waals surface area contributed by atoms with Gasteiger partial charge in [-0.25, -0.2) is 9.97 Å². The lowest BCUT2D eigenvalue weighted by Gasteiger charge is -2.38. The fourth-order valence-corrected chi connectivity index (χ4v) is 4.53. The number of anilines is 1. The predicted molar refractivity (Wildman–Crippen MR) is 111 cm³/mol. The Morgan fingerprint density at radius 1 is 1.11 bits per heavy atom. The van der Waals surface area contributed by atoms with Gasteiger partial charge in [-0.1, -0.05) is 36.8 Å². The molecule has 1 saturated heterocycles. The van der Waals surface area contributed by atoms with Crippen LogP contribution in [0.3, 0.4) is 0 Å². The van der Waals surface area contributed by atoms with E-state index in [4.69, 9.17) is 9.97 Å². The lowest BCUT2D eigenvalue weighted by atomic mass is 9.98. The molecule has 0 bridgehead atoms. The summed E-state index contributed by atoms with van der Waals surface area (Å²) in [7, 11) is 0.